The maximum absolute atomic E-state index is 12.1. The fourth-order valence-corrected chi connectivity index (χ4v) is 2.79. The second-order valence-corrected chi connectivity index (χ2v) is 6.44. The van der Waals surface area contributed by atoms with Crippen molar-refractivity contribution in [2.24, 2.45) is 4.40 Å². The Kier molecular flexibility index (Phi) is 4.46. The predicted octanol–water partition coefficient (Wildman–Crippen LogP) is 1.16. The highest BCUT2D eigenvalue weighted by Crippen LogP contribution is 2.19. The van der Waals surface area contributed by atoms with Gasteiger partial charge in [0.05, 0.1) is 5.71 Å². The van der Waals surface area contributed by atoms with Crippen molar-refractivity contribution >= 4 is 21.8 Å². The molecule has 1 heterocycles. The Bertz CT molecular complexity index is 762. The van der Waals surface area contributed by atoms with Crippen molar-refractivity contribution in [3.63, 3.8) is 0 Å². The Labute approximate surface area is 130 Å². The first kappa shape index (κ1) is 16.0. The minimum atomic E-state index is -3.92. The second-order valence-electron chi connectivity index (χ2n) is 4.82. The van der Waals surface area contributed by atoms with Crippen LogP contribution in [0, 0.1) is 6.92 Å². The number of benzene rings is 1. The normalized spacial score (nSPS) is 16.5. The number of nitrogens with one attached hydrogen (secondary N) is 1. The van der Waals surface area contributed by atoms with Gasteiger partial charge in [0.25, 0.3) is 5.91 Å². The lowest BCUT2D eigenvalue weighted by Crippen LogP contribution is -2.38. The van der Waals surface area contributed by atoms with E-state index in [0.29, 0.717) is 5.56 Å². The molecule has 1 aliphatic rings. The first-order chi connectivity index (χ1) is 10.3. The van der Waals surface area contributed by atoms with Crippen LogP contribution in [0.2, 0.25) is 0 Å². The van der Waals surface area contributed by atoms with Gasteiger partial charge in [0.2, 0.25) is 0 Å². The van der Waals surface area contributed by atoms with Crippen molar-refractivity contribution in [1.82, 2.24) is 9.62 Å². The molecule has 0 fully saturated rings. The van der Waals surface area contributed by atoms with Gasteiger partial charge >= 0.3 is 10.2 Å². The molecule has 116 valence electrons. The lowest BCUT2D eigenvalue weighted by Gasteiger charge is -2.23. The van der Waals surface area contributed by atoms with Gasteiger partial charge in [0.15, 0.2) is 0 Å². The molecule has 7 heteroatoms. The zero-order chi connectivity index (χ0) is 16.3. The topological polar surface area (TPSA) is 78.8 Å². The van der Waals surface area contributed by atoms with Crippen LogP contribution in [0.3, 0.4) is 0 Å². The van der Waals surface area contributed by atoms with Crippen molar-refractivity contribution < 1.29 is 13.2 Å². The highest BCUT2D eigenvalue weighted by Gasteiger charge is 2.29. The number of carbonyl (C=O) groups excluding carboxylic acids is 1. The Morgan fingerprint density at radius 2 is 2.00 bits per heavy atom. The van der Waals surface area contributed by atoms with Crippen molar-refractivity contribution in [2.45, 2.75) is 6.92 Å². The third-order valence-corrected chi connectivity index (χ3v) is 4.48. The summed E-state index contributed by atoms with van der Waals surface area (Å²) in [5, 5.41) is 2.56. The molecular weight excluding hydrogens is 302 g/mol. The molecule has 1 aliphatic heterocycles. The van der Waals surface area contributed by atoms with Gasteiger partial charge in [-0.3, -0.25) is 4.79 Å². The molecule has 1 N–H and O–H groups in total. The molecule has 0 saturated carbocycles. The molecule has 1 amide bonds. The van der Waals surface area contributed by atoms with Crippen molar-refractivity contribution in [3.05, 3.63) is 59.8 Å². The van der Waals surface area contributed by atoms with Gasteiger partial charge in [-0.2, -0.15) is 8.42 Å². The summed E-state index contributed by atoms with van der Waals surface area (Å²) in [6.07, 6.45) is 2.98. The van der Waals surface area contributed by atoms with E-state index in [1.807, 2.05) is 19.1 Å². The number of rotatable bonds is 4. The first-order valence-electron chi connectivity index (χ1n) is 6.62. The SMILES string of the molecule is C=CCNC(=O)C1=CC(c2ccc(C)cc2)=NS(=O)(=O)N1C. The van der Waals surface area contributed by atoms with Crippen LogP contribution in [0.1, 0.15) is 11.1 Å². The van der Waals surface area contributed by atoms with E-state index in [9.17, 15) is 13.2 Å². The third-order valence-electron chi connectivity index (χ3n) is 3.16. The maximum atomic E-state index is 12.1. The van der Waals surface area contributed by atoms with Gasteiger partial charge in [-0.05, 0) is 13.0 Å². The van der Waals surface area contributed by atoms with Crippen LogP contribution in [0.5, 0.6) is 0 Å². The summed E-state index contributed by atoms with van der Waals surface area (Å²) in [4.78, 5) is 12.1. The summed E-state index contributed by atoms with van der Waals surface area (Å²) in [5.41, 5.74) is 1.94. The predicted molar refractivity (Wildman–Crippen MR) is 85.7 cm³/mol. The molecule has 1 aromatic carbocycles. The summed E-state index contributed by atoms with van der Waals surface area (Å²) in [6.45, 7) is 5.69. The van der Waals surface area contributed by atoms with Crippen molar-refractivity contribution in [1.29, 1.82) is 0 Å². The van der Waals surface area contributed by atoms with Crippen molar-refractivity contribution in [2.75, 3.05) is 13.6 Å². The Morgan fingerprint density at radius 1 is 1.36 bits per heavy atom. The van der Waals surface area contributed by atoms with E-state index >= 15 is 0 Å². The van der Waals surface area contributed by atoms with Crippen LogP contribution in [0.25, 0.3) is 0 Å². The van der Waals surface area contributed by atoms with Gasteiger partial charge in [-0.1, -0.05) is 35.9 Å². The number of likely N-dealkylation sites (N-methyl/N-ethyl adjacent to an activating group) is 1. The van der Waals surface area contributed by atoms with Crippen LogP contribution >= 0.6 is 0 Å². The van der Waals surface area contributed by atoms with Crippen molar-refractivity contribution in [3.8, 4) is 0 Å². The van der Waals surface area contributed by atoms with E-state index in [4.69, 9.17) is 0 Å². The first-order valence-corrected chi connectivity index (χ1v) is 8.01. The van der Waals surface area contributed by atoms with E-state index in [1.165, 1.54) is 19.2 Å². The molecule has 6 nitrogen and oxygen atoms in total. The molecular formula is C15H17N3O3S. The summed E-state index contributed by atoms with van der Waals surface area (Å²) >= 11 is 0. The smallest absolute Gasteiger partial charge is 0.345 e. The standard InChI is InChI=1S/C15H17N3O3S/c1-4-9-16-15(19)14-10-13(17-22(20,21)18(14)3)12-7-5-11(2)6-8-12/h4-8,10H,1,9H2,2-3H3,(H,16,19). The largest absolute Gasteiger partial charge is 0.347 e. The van der Waals surface area contributed by atoms with Crippen LogP contribution in [-0.4, -0.2) is 37.9 Å². The summed E-state index contributed by atoms with van der Waals surface area (Å²) in [5.74, 6) is -0.495. The molecule has 0 unspecified atom stereocenters. The number of hydrogen-bond acceptors (Lipinski definition) is 3. The average Bonchev–Trinajstić information content (AvgIpc) is 2.48. The van der Waals surface area contributed by atoms with E-state index in [1.54, 1.807) is 12.1 Å². The lowest BCUT2D eigenvalue weighted by atomic mass is 10.1. The highest BCUT2D eigenvalue weighted by molar-refractivity contribution is 7.88. The number of nitrogens with zero attached hydrogens (tertiary/aromatic N) is 2. The van der Waals surface area contributed by atoms with Gasteiger partial charge in [-0.15, -0.1) is 11.0 Å². The van der Waals surface area contributed by atoms with Gasteiger partial charge < -0.3 is 5.32 Å². The van der Waals surface area contributed by atoms with Gasteiger partial charge in [0, 0.05) is 19.2 Å². The lowest BCUT2D eigenvalue weighted by molar-refractivity contribution is -0.118. The monoisotopic (exact) mass is 319 g/mol. The fraction of sp³-hybridized carbons (Fsp3) is 0.200. The number of hydrogen-bond donors (Lipinski definition) is 1. The van der Waals surface area contributed by atoms with Gasteiger partial charge in [0.1, 0.15) is 5.70 Å². The molecule has 22 heavy (non-hydrogen) atoms. The number of amides is 1. The number of allylic oxidation sites excluding steroid dienone is 1. The van der Waals surface area contributed by atoms with E-state index < -0.39 is 16.1 Å². The molecule has 0 bridgehead atoms. The average molecular weight is 319 g/mol. The summed E-state index contributed by atoms with van der Waals surface area (Å²) in [6, 6.07) is 7.25. The highest BCUT2D eigenvalue weighted by atomic mass is 32.2. The summed E-state index contributed by atoms with van der Waals surface area (Å²) in [7, 11) is -2.63. The zero-order valence-corrected chi connectivity index (χ0v) is 13.2. The molecule has 0 atom stereocenters. The van der Waals surface area contributed by atoms with Crippen LogP contribution < -0.4 is 5.32 Å². The quantitative estimate of drug-likeness (QED) is 0.846. The van der Waals surface area contributed by atoms with E-state index in [-0.39, 0.29) is 18.0 Å². The summed E-state index contributed by atoms with van der Waals surface area (Å²) < 4.78 is 28.8. The Morgan fingerprint density at radius 3 is 2.59 bits per heavy atom. The van der Waals surface area contributed by atoms with Crippen LogP contribution in [0.4, 0.5) is 0 Å². The molecule has 0 saturated heterocycles. The Hall–Kier alpha value is -2.41. The number of aryl methyl sites for hydroxylation is 1. The fourth-order valence-electron chi connectivity index (χ4n) is 1.88. The zero-order valence-electron chi connectivity index (χ0n) is 12.4. The second kappa shape index (κ2) is 6.15. The van der Waals surface area contributed by atoms with E-state index in [0.717, 1.165) is 9.87 Å². The van der Waals surface area contributed by atoms with Crippen LogP contribution in [-0.2, 0) is 15.0 Å². The van der Waals surface area contributed by atoms with Gasteiger partial charge in [-0.25, -0.2) is 4.31 Å². The number of carbonyl (C=O) groups is 1. The molecule has 0 radical (unpaired) electrons. The molecule has 1 aromatic rings. The van der Waals surface area contributed by atoms with E-state index in [2.05, 4.69) is 16.3 Å². The van der Waals surface area contributed by atoms with Crippen LogP contribution in [0.15, 0.2) is 53.1 Å². The molecule has 2 rings (SSSR count). The maximum Gasteiger partial charge on any atom is 0.345 e. The molecule has 0 aliphatic carbocycles. The third kappa shape index (κ3) is 3.25. The minimum Gasteiger partial charge on any atom is -0.347 e. The molecule has 0 spiro atoms. The Balaban J connectivity index is 2.45. The molecule has 0 aromatic heterocycles. The minimum absolute atomic E-state index is 0.0208.